The fourth-order valence-electron chi connectivity index (χ4n) is 4.79. The minimum atomic E-state index is -0.445. The molecule has 6 heteroatoms. The van der Waals surface area contributed by atoms with E-state index in [0.717, 1.165) is 46.4 Å². The third-order valence-corrected chi connectivity index (χ3v) is 7.06. The van der Waals surface area contributed by atoms with E-state index in [1.54, 1.807) is 19.0 Å². The molecule has 0 bridgehead atoms. The summed E-state index contributed by atoms with van der Waals surface area (Å²) in [5.74, 6) is 1.63. The molecule has 1 heterocycles. The number of Topliss-reactive ketones (excluding diaryl/α,β-unsaturated/α-hetero) is 1. The third-order valence-electron chi connectivity index (χ3n) is 7.06. The molecule has 0 saturated heterocycles. The largest absolute Gasteiger partial charge is 0.454 e. The van der Waals surface area contributed by atoms with E-state index in [0.29, 0.717) is 30.9 Å². The van der Waals surface area contributed by atoms with Crippen molar-refractivity contribution in [2.45, 2.75) is 38.2 Å². The maximum absolute atomic E-state index is 13.5. The van der Waals surface area contributed by atoms with Crippen molar-refractivity contribution in [1.82, 2.24) is 4.90 Å². The molecule has 0 radical (unpaired) electrons. The van der Waals surface area contributed by atoms with Crippen LogP contribution in [0.1, 0.15) is 46.8 Å². The molecule has 1 amide bonds. The first-order chi connectivity index (χ1) is 17.4. The third kappa shape index (κ3) is 4.61. The first-order valence-electron chi connectivity index (χ1n) is 12.4. The van der Waals surface area contributed by atoms with Crippen molar-refractivity contribution in [2.24, 2.45) is 0 Å². The lowest BCUT2D eigenvalue weighted by Crippen LogP contribution is -2.22. The SMILES string of the molecule is CCOCc1ccc(CC(=O)C2(c3ccc4c(c3)OCO4)CC2)cc1-c1ccc(C(=O)N(C)C)cc1. The summed E-state index contributed by atoms with van der Waals surface area (Å²) in [6.07, 6.45) is 2.05. The highest BCUT2D eigenvalue weighted by molar-refractivity contribution is 5.95. The monoisotopic (exact) mass is 485 g/mol. The van der Waals surface area contributed by atoms with E-state index in [-0.39, 0.29) is 18.5 Å². The van der Waals surface area contributed by atoms with Crippen molar-refractivity contribution in [3.8, 4) is 22.6 Å². The van der Waals surface area contributed by atoms with Gasteiger partial charge in [-0.15, -0.1) is 0 Å². The van der Waals surface area contributed by atoms with Crippen LogP contribution in [-0.2, 0) is 28.0 Å². The molecule has 1 fully saturated rings. The topological polar surface area (TPSA) is 65.1 Å². The number of amides is 1. The molecule has 2 aliphatic rings. The van der Waals surface area contributed by atoms with Gasteiger partial charge in [0.25, 0.3) is 5.91 Å². The number of nitrogens with zero attached hydrogens (tertiary/aromatic N) is 1. The number of benzene rings is 3. The van der Waals surface area contributed by atoms with Gasteiger partial charge in [-0.2, -0.15) is 0 Å². The van der Waals surface area contributed by atoms with E-state index in [9.17, 15) is 9.59 Å². The Labute approximate surface area is 211 Å². The van der Waals surface area contributed by atoms with Crippen molar-refractivity contribution >= 4 is 11.7 Å². The number of carbonyl (C=O) groups is 2. The summed E-state index contributed by atoms with van der Waals surface area (Å²) in [5, 5.41) is 0. The van der Waals surface area contributed by atoms with E-state index in [2.05, 4.69) is 6.07 Å². The maximum Gasteiger partial charge on any atom is 0.253 e. The molecular formula is C30H31NO5. The lowest BCUT2D eigenvalue weighted by atomic mass is 9.86. The zero-order valence-corrected chi connectivity index (χ0v) is 21.0. The number of hydrogen-bond donors (Lipinski definition) is 0. The fourth-order valence-corrected chi connectivity index (χ4v) is 4.79. The van der Waals surface area contributed by atoms with Gasteiger partial charge in [-0.1, -0.05) is 36.4 Å². The Kier molecular flexibility index (Phi) is 6.54. The van der Waals surface area contributed by atoms with Gasteiger partial charge in [0, 0.05) is 32.7 Å². The predicted molar refractivity (Wildman–Crippen MR) is 137 cm³/mol. The van der Waals surface area contributed by atoms with Gasteiger partial charge < -0.3 is 19.1 Å². The number of fused-ring (bicyclic) bond motifs is 1. The zero-order chi connectivity index (χ0) is 25.3. The molecule has 0 spiro atoms. The van der Waals surface area contributed by atoms with Crippen LogP contribution in [-0.4, -0.2) is 44.1 Å². The number of hydrogen-bond acceptors (Lipinski definition) is 5. The Bertz CT molecular complexity index is 1290. The molecule has 1 aliphatic heterocycles. The van der Waals surface area contributed by atoms with Gasteiger partial charge in [-0.3, -0.25) is 9.59 Å². The van der Waals surface area contributed by atoms with Crippen molar-refractivity contribution in [2.75, 3.05) is 27.5 Å². The van der Waals surface area contributed by atoms with E-state index < -0.39 is 5.41 Å². The molecule has 0 unspecified atom stereocenters. The molecule has 1 saturated carbocycles. The average molecular weight is 486 g/mol. The van der Waals surface area contributed by atoms with Crippen LogP contribution >= 0.6 is 0 Å². The van der Waals surface area contributed by atoms with E-state index in [4.69, 9.17) is 14.2 Å². The van der Waals surface area contributed by atoms with E-state index in [1.807, 2.05) is 61.5 Å². The second-order valence-corrected chi connectivity index (χ2v) is 9.66. The average Bonchev–Trinajstić information content (AvgIpc) is 3.58. The molecule has 186 valence electrons. The molecule has 1 aliphatic carbocycles. The summed E-state index contributed by atoms with van der Waals surface area (Å²) < 4.78 is 16.7. The first-order valence-corrected chi connectivity index (χ1v) is 12.4. The summed E-state index contributed by atoms with van der Waals surface area (Å²) in [6.45, 7) is 3.30. The Morgan fingerprint density at radius 3 is 2.39 bits per heavy atom. The summed E-state index contributed by atoms with van der Waals surface area (Å²) in [4.78, 5) is 27.4. The predicted octanol–water partition coefficient (Wildman–Crippen LogP) is 5.16. The minimum Gasteiger partial charge on any atom is -0.454 e. The van der Waals surface area contributed by atoms with Crippen LogP contribution in [0.3, 0.4) is 0 Å². The van der Waals surface area contributed by atoms with Gasteiger partial charge in [0.2, 0.25) is 6.79 Å². The number of rotatable bonds is 9. The second kappa shape index (κ2) is 9.78. The van der Waals surface area contributed by atoms with Gasteiger partial charge in [-0.25, -0.2) is 0 Å². The molecule has 6 nitrogen and oxygen atoms in total. The molecule has 5 rings (SSSR count). The van der Waals surface area contributed by atoms with Crippen molar-refractivity contribution in [3.63, 3.8) is 0 Å². The first kappa shape index (κ1) is 24.1. The van der Waals surface area contributed by atoms with Crippen LogP contribution in [0.15, 0.2) is 60.7 Å². The lowest BCUT2D eigenvalue weighted by molar-refractivity contribution is -0.120. The Morgan fingerprint density at radius 2 is 1.69 bits per heavy atom. The maximum atomic E-state index is 13.5. The highest BCUT2D eigenvalue weighted by atomic mass is 16.7. The van der Waals surface area contributed by atoms with Crippen LogP contribution in [0.4, 0.5) is 0 Å². The van der Waals surface area contributed by atoms with Crippen LogP contribution < -0.4 is 9.47 Å². The molecular weight excluding hydrogens is 454 g/mol. The standard InChI is InChI=1S/C30H31NO5/c1-4-34-18-23-6-5-20(15-25(23)21-7-9-22(10-8-21)29(33)31(2)3)16-28(32)30(13-14-30)24-11-12-26-27(17-24)36-19-35-26/h5-12,15,17H,4,13-14,16,18-19H2,1-3H3. The Hall–Kier alpha value is -3.64. The summed E-state index contributed by atoms with van der Waals surface area (Å²) in [6, 6.07) is 19.6. The van der Waals surface area contributed by atoms with Crippen molar-refractivity contribution in [1.29, 1.82) is 0 Å². The summed E-state index contributed by atoms with van der Waals surface area (Å²) >= 11 is 0. The normalized spacial score (nSPS) is 15.0. The quantitative estimate of drug-likeness (QED) is 0.419. The molecule has 36 heavy (non-hydrogen) atoms. The van der Waals surface area contributed by atoms with Gasteiger partial charge >= 0.3 is 0 Å². The van der Waals surface area contributed by atoms with Crippen LogP contribution in [0, 0.1) is 0 Å². The van der Waals surface area contributed by atoms with Gasteiger partial charge in [0.05, 0.1) is 12.0 Å². The Morgan fingerprint density at radius 1 is 0.944 bits per heavy atom. The van der Waals surface area contributed by atoms with E-state index in [1.165, 1.54) is 0 Å². The number of ether oxygens (including phenoxy) is 3. The number of ketones is 1. The van der Waals surface area contributed by atoms with Crippen LogP contribution in [0.2, 0.25) is 0 Å². The van der Waals surface area contributed by atoms with Crippen LogP contribution in [0.25, 0.3) is 11.1 Å². The summed E-state index contributed by atoms with van der Waals surface area (Å²) in [7, 11) is 3.49. The molecule has 0 aromatic heterocycles. The molecule has 3 aromatic rings. The molecule has 0 atom stereocenters. The van der Waals surface area contributed by atoms with Gasteiger partial charge in [0.1, 0.15) is 5.78 Å². The zero-order valence-electron chi connectivity index (χ0n) is 21.0. The minimum absolute atomic E-state index is 0.0336. The number of carbonyl (C=O) groups excluding carboxylic acids is 2. The molecule has 0 N–H and O–H groups in total. The van der Waals surface area contributed by atoms with Crippen LogP contribution in [0.5, 0.6) is 11.5 Å². The fraction of sp³-hybridized carbons (Fsp3) is 0.333. The van der Waals surface area contributed by atoms with E-state index >= 15 is 0 Å². The lowest BCUT2D eigenvalue weighted by Gasteiger charge is -2.17. The van der Waals surface area contributed by atoms with Crippen molar-refractivity contribution in [3.05, 3.63) is 82.9 Å². The van der Waals surface area contributed by atoms with Crippen molar-refractivity contribution < 1.29 is 23.8 Å². The summed E-state index contributed by atoms with van der Waals surface area (Å²) in [5.41, 5.74) is 5.23. The molecule has 3 aromatic carbocycles. The Balaban J connectivity index is 1.41. The second-order valence-electron chi connectivity index (χ2n) is 9.66. The van der Waals surface area contributed by atoms with Gasteiger partial charge in [0.15, 0.2) is 11.5 Å². The van der Waals surface area contributed by atoms with Gasteiger partial charge in [-0.05, 0) is 71.8 Å². The smallest absolute Gasteiger partial charge is 0.253 e. The highest BCUT2D eigenvalue weighted by Gasteiger charge is 2.50. The highest BCUT2D eigenvalue weighted by Crippen LogP contribution is 2.51.